The highest BCUT2D eigenvalue weighted by molar-refractivity contribution is 5.87. The van der Waals surface area contributed by atoms with Crippen molar-refractivity contribution in [2.75, 3.05) is 13.1 Å². The second-order valence-electron chi connectivity index (χ2n) is 2.22. The number of rotatable bonds is 6. The molecule has 0 atom stereocenters. The van der Waals surface area contributed by atoms with Gasteiger partial charge in [0.15, 0.2) is 0 Å². The van der Waals surface area contributed by atoms with Crippen LogP contribution in [0.4, 0.5) is 0 Å². The first-order chi connectivity index (χ1) is 5.76. The fourth-order valence-corrected chi connectivity index (χ4v) is 0.772. The van der Waals surface area contributed by atoms with Crippen LogP contribution in [0.2, 0.25) is 0 Å². The molecule has 0 fully saturated rings. The quantitative estimate of drug-likeness (QED) is 0.546. The Kier molecular flexibility index (Phi) is 5.70. The third-order valence-corrected chi connectivity index (χ3v) is 1.27. The van der Waals surface area contributed by atoms with Gasteiger partial charge < -0.3 is 4.90 Å². The van der Waals surface area contributed by atoms with E-state index in [4.69, 9.17) is 0 Å². The fraction of sp³-hybridized carbons (Fsp3) is 0.200. The zero-order valence-electron chi connectivity index (χ0n) is 7.20. The van der Waals surface area contributed by atoms with Gasteiger partial charge in [0.2, 0.25) is 5.91 Å². The second kappa shape index (κ2) is 6.40. The van der Waals surface area contributed by atoms with Crippen LogP contribution in [0, 0.1) is 6.42 Å². The number of hydrogen-bond acceptors (Lipinski definition) is 1. The van der Waals surface area contributed by atoms with Crippen molar-refractivity contribution in [3.8, 4) is 0 Å². The summed E-state index contributed by atoms with van der Waals surface area (Å²) in [7, 11) is 0. The highest BCUT2D eigenvalue weighted by atomic mass is 16.2. The highest BCUT2D eigenvalue weighted by Crippen LogP contribution is 1.94. The largest absolute Gasteiger partial charge is 0.335 e. The summed E-state index contributed by atoms with van der Waals surface area (Å²) in [5, 5.41) is 0. The lowest BCUT2D eigenvalue weighted by Gasteiger charge is -2.17. The van der Waals surface area contributed by atoms with E-state index in [1.807, 2.05) is 0 Å². The Labute approximate surface area is 73.9 Å². The first kappa shape index (κ1) is 10.7. The molecule has 0 aromatic heterocycles. The van der Waals surface area contributed by atoms with E-state index in [1.165, 1.54) is 12.5 Å². The van der Waals surface area contributed by atoms with E-state index in [9.17, 15) is 4.79 Å². The molecular weight excluding hydrogens is 150 g/mol. The Bertz CT molecular complexity index is 174. The minimum Gasteiger partial charge on any atom is -0.335 e. The third-order valence-electron chi connectivity index (χ3n) is 1.27. The number of carbonyl (C=O) groups excluding carboxylic acids is 1. The van der Waals surface area contributed by atoms with Crippen LogP contribution in [0.15, 0.2) is 38.0 Å². The third kappa shape index (κ3) is 3.76. The average molecular weight is 164 g/mol. The standard InChI is InChI=1S/C10H14NO/c1-4-7-10(12)11(8-5-2)9-6-3/h4-7H,1-3,8-9H2. The summed E-state index contributed by atoms with van der Waals surface area (Å²) in [6, 6.07) is 0. The molecule has 1 amide bonds. The Morgan fingerprint density at radius 2 is 1.67 bits per heavy atom. The first-order valence-corrected chi connectivity index (χ1v) is 3.72. The molecule has 0 aliphatic carbocycles. The highest BCUT2D eigenvalue weighted by Gasteiger charge is 2.07. The Morgan fingerprint density at radius 1 is 1.17 bits per heavy atom. The first-order valence-electron chi connectivity index (χ1n) is 3.72. The second-order valence-corrected chi connectivity index (χ2v) is 2.22. The van der Waals surface area contributed by atoms with E-state index in [0.29, 0.717) is 13.1 Å². The summed E-state index contributed by atoms with van der Waals surface area (Å²) in [5.41, 5.74) is 0. The lowest BCUT2D eigenvalue weighted by Crippen LogP contribution is -2.30. The van der Waals surface area contributed by atoms with Gasteiger partial charge in [0, 0.05) is 13.1 Å². The van der Waals surface area contributed by atoms with Crippen molar-refractivity contribution in [2.45, 2.75) is 0 Å². The van der Waals surface area contributed by atoms with Crippen LogP contribution in [0.3, 0.4) is 0 Å². The molecule has 0 rings (SSSR count). The van der Waals surface area contributed by atoms with Crippen molar-refractivity contribution in [1.82, 2.24) is 4.90 Å². The van der Waals surface area contributed by atoms with Gasteiger partial charge in [0.1, 0.15) is 0 Å². The molecule has 0 saturated heterocycles. The van der Waals surface area contributed by atoms with Gasteiger partial charge in [0.05, 0.1) is 6.42 Å². The Morgan fingerprint density at radius 3 is 2.00 bits per heavy atom. The average Bonchev–Trinajstić information content (AvgIpc) is 2.04. The van der Waals surface area contributed by atoms with Crippen LogP contribution in [0.1, 0.15) is 0 Å². The molecule has 0 unspecified atom stereocenters. The molecule has 0 aromatic carbocycles. The van der Waals surface area contributed by atoms with Crippen molar-refractivity contribution in [1.29, 1.82) is 0 Å². The summed E-state index contributed by atoms with van der Waals surface area (Å²) in [5.74, 6) is -0.0650. The summed E-state index contributed by atoms with van der Waals surface area (Å²) < 4.78 is 0. The predicted octanol–water partition coefficient (Wildman–Crippen LogP) is 1.58. The summed E-state index contributed by atoms with van der Waals surface area (Å²) in [4.78, 5) is 12.8. The predicted molar refractivity (Wildman–Crippen MR) is 51.5 cm³/mol. The van der Waals surface area contributed by atoms with Gasteiger partial charge in [-0.25, -0.2) is 0 Å². The minimum atomic E-state index is -0.0650. The molecule has 2 nitrogen and oxygen atoms in total. The SMILES string of the molecule is C=C[CH]C(=O)N(CC=C)CC=C. The molecule has 12 heavy (non-hydrogen) atoms. The van der Waals surface area contributed by atoms with Gasteiger partial charge in [-0.2, -0.15) is 0 Å². The molecule has 0 bridgehead atoms. The Hall–Kier alpha value is -1.31. The van der Waals surface area contributed by atoms with Gasteiger partial charge in [-0.3, -0.25) is 4.79 Å². The van der Waals surface area contributed by atoms with E-state index in [-0.39, 0.29) is 5.91 Å². The summed E-state index contributed by atoms with van der Waals surface area (Å²) >= 11 is 0. The van der Waals surface area contributed by atoms with Crippen molar-refractivity contribution in [3.63, 3.8) is 0 Å². The number of amides is 1. The van der Waals surface area contributed by atoms with Gasteiger partial charge in [-0.05, 0) is 0 Å². The zero-order chi connectivity index (χ0) is 9.40. The molecular formula is C10H14NO. The molecule has 0 aromatic rings. The van der Waals surface area contributed by atoms with Crippen LogP contribution in [0.5, 0.6) is 0 Å². The van der Waals surface area contributed by atoms with E-state index >= 15 is 0 Å². The van der Waals surface area contributed by atoms with E-state index in [0.717, 1.165) is 0 Å². The lowest BCUT2D eigenvalue weighted by molar-refractivity contribution is -0.126. The summed E-state index contributed by atoms with van der Waals surface area (Å²) in [6.45, 7) is 11.6. The van der Waals surface area contributed by atoms with Crippen LogP contribution < -0.4 is 0 Å². The van der Waals surface area contributed by atoms with Gasteiger partial charge in [-0.1, -0.05) is 18.2 Å². The number of carbonyl (C=O) groups is 1. The van der Waals surface area contributed by atoms with E-state index < -0.39 is 0 Å². The Balaban J connectivity index is 4.06. The smallest absolute Gasteiger partial charge is 0.231 e. The van der Waals surface area contributed by atoms with Crippen molar-refractivity contribution in [3.05, 3.63) is 44.4 Å². The van der Waals surface area contributed by atoms with Crippen LogP contribution in [0.25, 0.3) is 0 Å². The van der Waals surface area contributed by atoms with Crippen LogP contribution in [-0.2, 0) is 4.79 Å². The van der Waals surface area contributed by atoms with Gasteiger partial charge >= 0.3 is 0 Å². The molecule has 0 saturated carbocycles. The number of nitrogens with zero attached hydrogens (tertiary/aromatic N) is 1. The maximum absolute atomic E-state index is 11.2. The van der Waals surface area contributed by atoms with E-state index in [1.54, 1.807) is 17.1 Å². The molecule has 1 radical (unpaired) electrons. The number of hydrogen-bond donors (Lipinski definition) is 0. The molecule has 2 heteroatoms. The monoisotopic (exact) mass is 164 g/mol. The lowest BCUT2D eigenvalue weighted by atomic mass is 10.3. The fourth-order valence-electron chi connectivity index (χ4n) is 0.772. The molecule has 0 heterocycles. The van der Waals surface area contributed by atoms with Crippen molar-refractivity contribution in [2.24, 2.45) is 0 Å². The van der Waals surface area contributed by atoms with E-state index in [2.05, 4.69) is 19.7 Å². The van der Waals surface area contributed by atoms with Crippen molar-refractivity contribution >= 4 is 5.91 Å². The molecule has 0 spiro atoms. The molecule has 0 aliphatic heterocycles. The van der Waals surface area contributed by atoms with Crippen LogP contribution >= 0.6 is 0 Å². The molecule has 0 N–H and O–H groups in total. The minimum absolute atomic E-state index is 0.0650. The molecule has 0 aliphatic rings. The summed E-state index contributed by atoms with van der Waals surface area (Å²) in [6.07, 6.45) is 6.26. The maximum atomic E-state index is 11.2. The zero-order valence-corrected chi connectivity index (χ0v) is 7.20. The van der Waals surface area contributed by atoms with Gasteiger partial charge in [-0.15, -0.1) is 19.7 Å². The van der Waals surface area contributed by atoms with Crippen LogP contribution in [-0.4, -0.2) is 23.9 Å². The van der Waals surface area contributed by atoms with Crippen molar-refractivity contribution < 1.29 is 4.79 Å². The van der Waals surface area contributed by atoms with Gasteiger partial charge in [0.25, 0.3) is 0 Å². The topological polar surface area (TPSA) is 20.3 Å². The normalized spacial score (nSPS) is 8.67. The maximum Gasteiger partial charge on any atom is 0.231 e. The molecule has 65 valence electrons.